The van der Waals surface area contributed by atoms with Gasteiger partial charge < -0.3 is 10.1 Å². The van der Waals surface area contributed by atoms with Crippen molar-refractivity contribution in [3.8, 4) is 0 Å². The molecule has 6 heteroatoms. The molecule has 100 valence electrons. The monoisotopic (exact) mass is 286 g/mol. The van der Waals surface area contributed by atoms with Crippen molar-refractivity contribution in [2.45, 2.75) is 30.4 Å². The molecular formula is C12H18N2O2S2. The van der Waals surface area contributed by atoms with Crippen molar-refractivity contribution in [1.82, 2.24) is 4.98 Å². The molecular weight excluding hydrogens is 268 g/mol. The maximum Gasteiger partial charge on any atom is 0.349 e. The Bertz CT molecular complexity index is 414. The first-order chi connectivity index (χ1) is 8.69. The minimum absolute atomic E-state index is 0.319. The van der Waals surface area contributed by atoms with Crippen molar-refractivity contribution in [2.75, 3.05) is 25.2 Å². The zero-order valence-electron chi connectivity index (χ0n) is 10.7. The van der Waals surface area contributed by atoms with Gasteiger partial charge in [-0.25, -0.2) is 9.78 Å². The molecule has 1 aromatic heterocycles. The van der Waals surface area contributed by atoms with Crippen LogP contribution in [-0.2, 0) is 4.74 Å². The van der Waals surface area contributed by atoms with Gasteiger partial charge in [0.1, 0.15) is 4.88 Å². The number of carbonyl (C=O) groups excluding carboxylic acids is 1. The molecule has 0 saturated heterocycles. The van der Waals surface area contributed by atoms with Gasteiger partial charge in [0.05, 0.1) is 13.3 Å². The number of carbonyl (C=O) groups is 1. The first-order valence-electron chi connectivity index (χ1n) is 6.02. The summed E-state index contributed by atoms with van der Waals surface area (Å²) in [5.41, 5.74) is 0. The number of thioether (sulfide) groups is 1. The molecule has 0 radical (unpaired) electrons. The average Bonchev–Trinajstić information content (AvgIpc) is 3.05. The highest BCUT2D eigenvalue weighted by molar-refractivity contribution is 8.00. The Morgan fingerprint density at radius 1 is 1.61 bits per heavy atom. The number of nitrogens with zero attached hydrogens (tertiary/aromatic N) is 1. The van der Waals surface area contributed by atoms with Gasteiger partial charge in [-0.3, -0.25) is 0 Å². The second-order valence-electron chi connectivity index (χ2n) is 4.47. The molecule has 0 aromatic carbocycles. The fraction of sp³-hybridized carbons (Fsp3) is 0.667. The number of thiazole rings is 1. The highest BCUT2D eigenvalue weighted by Crippen LogP contribution is 2.40. The minimum Gasteiger partial charge on any atom is -0.465 e. The molecule has 1 heterocycles. The van der Waals surface area contributed by atoms with E-state index in [9.17, 15) is 4.79 Å². The summed E-state index contributed by atoms with van der Waals surface area (Å²) in [5, 5.41) is 4.16. The van der Waals surface area contributed by atoms with Gasteiger partial charge in [0, 0.05) is 11.3 Å². The first kappa shape index (κ1) is 13.7. The lowest BCUT2D eigenvalue weighted by Gasteiger charge is -2.26. The molecule has 0 spiro atoms. The normalized spacial score (nSPS) is 17.7. The lowest BCUT2D eigenvalue weighted by atomic mass is 10.1. The predicted octanol–water partition coefficient (Wildman–Crippen LogP) is 3.02. The average molecular weight is 286 g/mol. The standard InChI is InChI=1S/C12H18N2O2S2/c1-16-10(15)9-7-13-11(18-9)14-8-12(17-2)5-3-4-6-12/h7H,3-6,8H2,1-2H3,(H,13,14). The molecule has 4 nitrogen and oxygen atoms in total. The van der Waals surface area contributed by atoms with Crippen LogP contribution in [-0.4, -0.2) is 35.6 Å². The van der Waals surface area contributed by atoms with Crippen LogP contribution < -0.4 is 5.32 Å². The maximum atomic E-state index is 11.3. The fourth-order valence-electron chi connectivity index (χ4n) is 2.26. The molecule has 1 aliphatic rings. The van der Waals surface area contributed by atoms with E-state index in [1.165, 1.54) is 44.1 Å². The summed E-state index contributed by atoms with van der Waals surface area (Å²) >= 11 is 3.29. The number of anilines is 1. The van der Waals surface area contributed by atoms with E-state index in [1.807, 2.05) is 11.8 Å². The number of nitrogens with one attached hydrogen (secondary N) is 1. The van der Waals surface area contributed by atoms with Gasteiger partial charge in [0.15, 0.2) is 5.13 Å². The van der Waals surface area contributed by atoms with Crippen LogP contribution in [0.1, 0.15) is 35.4 Å². The lowest BCUT2D eigenvalue weighted by molar-refractivity contribution is 0.0606. The fourth-order valence-corrected chi connectivity index (χ4v) is 3.90. The van der Waals surface area contributed by atoms with Gasteiger partial charge in [-0.1, -0.05) is 24.2 Å². The zero-order valence-corrected chi connectivity index (χ0v) is 12.3. The third kappa shape index (κ3) is 2.98. The van der Waals surface area contributed by atoms with Gasteiger partial charge in [0.25, 0.3) is 0 Å². The van der Waals surface area contributed by atoms with Crippen molar-refractivity contribution >= 4 is 34.2 Å². The molecule has 0 bridgehead atoms. The van der Waals surface area contributed by atoms with E-state index in [0.29, 0.717) is 9.62 Å². The van der Waals surface area contributed by atoms with Crippen molar-refractivity contribution in [1.29, 1.82) is 0 Å². The third-order valence-corrected chi connectivity index (χ3v) is 5.76. The molecule has 2 rings (SSSR count). The Balaban J connectivity index is 1.93. The quantitative estimate of drug-likeness (QED) is 0.843. The number of hydrogen-bond donors (Lipinski definition) is 1. The molecule has 1 fully saturated rings. The summed E-state index contributed by atoms with van der Waals surface area (Å²) in [5.74, 6) is -0.319. The number of aromatic nitrogens is 1. The van der Waals surface area contributed by atoms with Gasteiger partial charge >= 0.3 is 5.97 Å². The Hall–Kier alpha value is -0.750. The third-order valence-electron chi connectivity index (χ3n) is 3.40. The van der Waals surface area contributed by atoms with Crippen LogP contribution in [0.3, 0.4) is 0 Å². The highest BCUT2D eigenvalue weighted by atomic mass is 32.2. The van der Waals surface area contributed by atoms with Gasteiger partial charge in [0.2, 0.25) is 0 Å². The van der Waals surface area contributed by atoms with Crippen LogP contribution >= 0.6 is 23.1 Å². The molecule has 1 aromatic rings. The summed E-state index contributed by atoms with van der Waals surface area (Å²) in [6.45, 7) is 0.919. The van der Waals surface area contributed by atoms with Crippen LogP contribution in [0.25, 0.3) is 0 Å². The Morgan fingerprint density at radius 2 is 2.33 bits per heavy atom. The Kier molecular flexibility index (Phi) is 4.50. The summed E-state index contributed by atoms with van der Waals surface area (Å²) in [4.78, 5) is 16.1. The van der Waals surface area contributed by atoms with Gasteiger partial charge in [-0.05, 0) is 19.1 Å². The van der Waals surface area contributed by atoms with E-state index in [2.05, 4.69) is 21.3 Å². The summed E-state index contributed by atoms with van der Waals surface area (Å²) in [6.07, 6.45) is 8.89. The second kappa shape index (κ2) is 5.93. The van der Waals surface area contributed by atoms with Crippen LogP contribution in [0.15, 0.2) is 6.20 Å². The Labute approximate surface area is 116 Å². The number of ether oxygens (including phenoxy) is 1. The van der Waals surface area contributed by atoms with Crippen LogP contribution in [0.4, 0.5) is 5.13 Å². The van der Waals surface area contributed by atoms with Crippen molar-refractivity contribution in [2.24, 2.45) is 0 Å². The summed E-state index contributed by atoms with van der Waals surface area (Å²) < 4.78 is 5.01. The van der Waals surface area contributed by atoms with Crippen LogP contribution in [0.2, 0.25) is 0 Å². The van der Waals surface area contributed by atoms with Crippen LogP contribution in [0, 0.1) is 0 Å². The second-order valence-corrected chi connectivity index (χ2v) is 6.77. The van der Waals surface area contributed by atoms with E-state index in [0.717, 1.165) is 11.7 Å². The van der Waals surface area contributed by atoms with Crippen molar-refractivity contribution in [3.63, 3.8) is 0 Å². The zero-order chi connectivity index (χ0) is 13.0. The number of hydrogen-bond acceptors (Lipinski definition) is 6. The van der Waals surface area contributed by atoms with E-state index in [1.54, 1.807) is 6.20 Å². The lowest BCUT2D eigenvalue weighted by Crippen LogP contribution is -2.29. The molecule has 0 amide bonds. The molecule has 1 N–H and O–H groups in total. The molecule has 1 aliphatic carbocycles. The van der Waals surface area contributed by atoms with E-state index in [4.69, 9.17) is 0 Å². The summed E-state index contributed by atoms with van der Waals surface area (Å²) in [7, 11) is 1.39. The van der Waals surface area contributed by atoms with Crippen LogP contribution in [0.5, 0.6) is 0 Å². The molecule has 0 atom stereocenters. The minimum atomic E-state index is -0.319. The molecule has 1 saturated carbocycles. The van der Waals surface area contributed by atoms with Crippen molar-refractivity contribution < 1.29 is 9.53 Å². The topological polar surface area (TPSA) is 51.2 Å². The highest BCUT2D eigenvalue weighted by Gasteiger charge is 2.32. The number of esters is 1. The van der Waals surface area contributed by atoms with Gasteiger partial charge in [-0.2, -0.15) is 11.8 Å². The van der Waals surface area contributed by atoms with Crippen molar-refractivity contribution in [3.05, 3.63) is 11.1 Å². The van der Waals surface area contributed by atoms with E-state index >= 15 is 0 Å². The van der Waals surface area contributed by atoms with E-state index < -0.39 is 0 Å². The molecule has 18 heavy (non-hydrogen) atoms. The SMILES string of the molecule is COC(=O)c1cnc(NCC2(SC)CCCC2)s1. The largest absolute Gasteiger partial charge is 0.465 e. The predicted molar refractivity (Wildman–Crippen MR) is 76.7 cm³/mol. The van der Waals surface area contributed by atoms with E-state index in [-0.39, 0.29) is 5.97 Å². The summed E-state index contributed by atoms with van der Waals surface area (Å²) in [6, 6.07) is 0. The molecule has 0 aliphatic heterocycles. The molecule has 0 unspecified atom stereocenters. The maximum absolute atomic E-state index is 11.3. The van der Waals surface area contributed by atoms with Gasteiger partial charge in [-0.15, -0.1) is 0 Å². The first-order valence-corrected chi connectivity index (χ1v) is 8.06. The number of methoxy groups -OCH3 is 1. The number of rotatable bonds is 5. The smallest absolute Gasteiger partial charge is 0.349 e. The Morgan fingerprint density at radius 3 is 2.94 bits per heavy atom.